The summed E-state index contributed by atoms with van der Waals surface area (Å²) in [5.41, 5.74) is 0. The van der Waals surface area contributed by atoms with Gasteiger partial charge in [-0.3, -0.25) is 4.72 Å². The van der Waals surface area contributed by atoms with E-state index in [1.807, 2.05) is 0 Å². The molecule has 1 aromatic carbocycles. The van der Waals surface area contributed by atoms with Gasteiger partial charge in [-0.1, -0.05) is 19.1 Å². The van der Waals surface area contributed by atoms with Crippen LogP contribution < -0.4 is 28.4 Å². The molecule has 0 unspecified atom stereocenters. The van der Waals surface area contributed by atoms with Gasteiger partial charge in [0.1, 0.15) is 13.2 Å². The lowest BCUT2D eigenvalue weighted by molar-refractivity contribution is 0.197. The Hall–Kier alpha value is -4.79. The van der Waals surface area contributed by atoms with Crippen LogP contribution in [-0.2, 0) is 10.0 Å². The predicted molar refractivity (Wildman–Crippen MR) is 143 cm³/mol. The summed E-state index contributed by atoms with van der Waals surface area (Å²) in [5.74, 6) is 0.830. The minimum absolute atomic E-state index is 0.0107. The lowest BCUT2D eigenvalue weighted by atomic mass is 10.3. The van der Waals surface area contributed by atoms with Crippen molar-refractivity contribution in [2.24, 2.45) is 0 Å². The number of nitrogens with zero attached hydrogens (tertiary/aromatic N) is 6. The molecule has 0 spiro atoms. The number of para-hydroxylation sites is 2. The van der Waals surface area contributed by atoms with Crippen molar-refractivity contribution in [3.05, 3.63) is 55.1 Å². The standard InChI is InChI=1S/C25H27N7O7S/c1-4-14-40(33,34)32-21-20(39-19-9-6-5-8-18(19)36-3)24(31-23(30-21)22-26-10-7-11-27-22)37-12-13-38-25-28-15-17(35-2)16-29-25/h5-11,15-16H,4,12-14H2,1-3H3,(H,30,31,32). The van der Waals surface area contributed by atoms with Crippen molar-refractivity contribution in [2.75, 3.05) is 37.9 Å². The summed E-state index contributed by atoms with van der Waals surface area (Å²) in [5, 5.41) is 0. The fraction of sp³-hybridized carbons (Fsp3) is 0.280. The zero-order valence-corrected chi connectivity index (χ0v) is 22.8. The number of sulfonamides is 1. The number of ether oxygens (including phenoxy) is 5. The average Bonchev–Trinajstić information content (AvgIpc) is 2.97. The number of nitrogens with one attached hydrogen (secondary N) is 1. The third-order valence-corrected chi connectivity index (χ3v) is 6.45. The van der Waals surface area contributed by atoms with E-state index in [1.165, 1.54) is 39.0 Å². The van der Waals surface area contributed by atoms with E-state index in [9.17, 15) is 8.42 Å². The molecule has 0 bridgehead atoms. The van der Waals surface area contributed by atoms with Crippen LogP contribution in [0.1, 0.15) is 13.3 Å². The number of hydrogen-bond donors (Lipinski definition) is 1. The molecule has 0 saturated carbocycles. The van der Waals surface area contributed by atoms with E-state index in [0.717, 1.165) is 0 Å². The van der Waals surface area contributed by atoms with Crippen molar-refractivity contribution in [3.63, 3.8) is 0 Å². The Kier molecular flexibility index (Phi) is 9.40. The molecule has 14 nitrogen and oxygen atoms in total. The molecule has 3 heterocycles. The van der Waals surface area contributed by atoms with Crippen molar-refractivity contribution in [3.8, 4) is 46.5 Å². The van der Waals surface area contributed by atoms with Gasteiger partial charge in [-0.15, -0.1) is 0 Å². The van der Waals surface area contributed by atoms with Crippen LogP contribution in [0.25, 0.3) is 11.6 Å². The molecule has 40 heavy (non-hydrogen) atoms. The maximum absolute atomic E-state index is 12.8. The minimum Gasteiger partial charge on any atom is -0.494 e. The number of hydrogen-bond acceptors (Lipinski definition) is 13. The Morgan fingerprint density at radius 1 is 0.825 bits per heavy atom. The Morgan fingerprint density at radius 2 is 1.52 bits per heavy atom. The van der Waals surface area contributed by atoms with Gasteiger partial charge < -0.3 is 23.7 Å². The lowest BCUT2D eigenvalue weighted by Gasteiger charge is -2.18. The fourth-order valence-electron chi connectivity index (χ4n) is 3.24. The SMILES string of the molecule is CCCS(=O)(=O)Nc1nc(-c2ncccn2)nc(OCCOc2ncc(OC)cn2)c1Oc1ccccc1OC. The number of methoxy groups -OCH3 is 2. The smallest absolute Gasteiger partial charge is 0.316 e. The number of rotatable bonds is 14. The molecule has 0 atom stereocenters. The summed E-state index contributed by atoms with van der Waals surface area (Å²) < 4.78 is 56.0. The quantitative estimate of drug-likeness (QED) is 0.220. The van der Waals surface area contributed by atoms with Crippen molar-refractivity contribution in [2.45, 2.75) is 13.3 Å². The summed E-state index contributed by atoms with van der Waals surface area (Å²) in [6, 6.07) is 8.57. The van der Waals surface area contributed by atoms with Gasteiger partial charge in [0.2, 0.25) is 21.6 Å². The number of anilines is 1. The lowest BCUT2D eigenvalue weighted by Crippen LogP contribution is -2.19. The van der Waals surface area contributed by atoms with Crippen molar-refractivity contribution in [1.29, 1.82) is 0 Å². The third kappa shape index (κ3) is 7.41. The second-order valence-electron chi connectivity index (χ2n) is 7.88. The van der Waals surface area contributed by atoms with Crippen LogP contribution in [-0.4, -0.2) is 71.5 Å². The van der Waals surface area contributed by atoms with Gasteiger partial charge >= 0.3 is 6.01 Å². The summed E-state index contributed by atoms with van der Waals surface area (Å²) in [4.78, 5) is 25.2. The molecule has 0 aliphatic carbocycles. The highest BCUT2D eigenvalue weighted by atomic mass is 32.2. The van der Waals surface area contributed by atoms with Crippen LogP contribution in [0.4, 0.5) is 5.82 Å². The Balaban J connectivity index is 1.70. The maximum atomic E-state index is 12.8. The Labute approximate surface area is 230 Å². The van der Waals surface area contributed by atoms with Gasteiger partial charge in [-0.25, -0.2) is 23.4 Å². The van der Waals surface area contributed by atoms with Crippen LogP contribution in [0.3, 0.4) is 0 Å². The largest absolute Gasteiger partial charge is 0.494 e. The van der Waals surface area contributed by atoms with Crippen LogP contribution >= 0.6 is 0 Å². The molecule has 4 aromatic rings. The zero-order valence-electron chi connectivity index (χ0n) is 22.0. The molecule has 3 aromatic heterocycles. The highest BCUT2D eigenvalue weighted by Gasteiger charge is 2.25. The number of benzene rings is 1. The molecule has 1 N–H and O–H groups in total. The molecule has 0 saturated heterocycles. The maximum Gasteiger partial charge on any atom is 0.316 e. The molecule has 0 amide bonds. The Morgan fingerprint density at radius 3 is 2.20 bits per heavy atom. The first-order valence-corrected chi connectivity index (χ1v) is 13.7. The van der Waals surface area contributed by atoms with E-state index >= 15 is 0 Å². The summed E-state index contributed by atoms with van der Waals surface area (Å²) in [6.07, 6.45) is 6.33. The van der Waals surface area contributed by atoms with Crippen LogP contribution in [0.15, 0.2) is 55.1 Å². The molecule has 0 fully saturated rings. The van der Waals surface area contributed by atoms with Gasteiger partial charge in [0.25, 0.3) is 5.88 Å². The molecular formula is C25H27N7O7S. The third-order valence-electron chi connectivity index (χ3n) is 5.00. The van der Waals surface area contributed by atoms with Gasteiger partial charge in [-0.05, 0) is 24.6 Å². The zero-order chi connectivity index (χ0) is 28.4. The van der Waals surface area contributed by atoms with Crippen molar-refractivity contribution in [1.82, 2.24) is 29.9 Å². The van der Waals surface area contributed by atoms with E-state index in [1.54, 1.807) is 37.3 Å². The first kappa shape index (κ1) is 28.2. The molecule has 4 rings (SSSR count). The molecule has 210 valence electrons. The molecule has 0 aliphatic heterocycles. The first-order chi connectivity index (χ1) is 19.4. The van der Waals surface area contributed by atoms with Gasteiger partial charge in [0.05, 0.1) is 32.4 Å². The molecule has 0 aliphatic rings. The minimum atomic E-state index is -3.80. The fourth-order valence-corrected chi connectivity index (χ4v) is 4.31. The summed E-state index contributed by atoms with van der Waals surface area (Å²) in [6.45, 7) is 1.74. The second kappa shape index (κ2) is 13.3. The van der Waals surface area contributed by atoms with Crippen molar-refractivity contribution < 1.29 is 32.1 Å². The van der Waals surface area contributed by atoms with E-state index < -0.39 is 10.0 Å². The van der Waals surface area contributed by atoms with Crippen LogP contribution in [0, 0.1) is 0 Å². The number of aromatic nitrogens is 6. The van der Waals surface area contributed by atoms with E-state index in [4.69, 9.17) is 23.7 Å². The van der Waals surface area contributed by atoms with E-state index in [0.29, 0.717) is 17.9 Å². The predicted octanol–water partition coefficient (Wildman–Crippen LogP) is 3.14. The topological polar surface area (TPSA) is 170 Å². The highest BCUT2D eigenvalue weighted by molar-refractivity contribution is 7.92. The van der Waals surface area contributed by atoms with Gasteiger partial charge in [0.15, 0.2) is 28.9 Å². The highest BCUT2D eigenvalue weighted by Crippen LogP contribution is 2.41. The van der Waals surface area contributed by atoms with Crippen LogP contribution in [0.2, 0.25) is 0 Å². The summed E-state index contributed by atoms with van der Waals surface area (Å²) >= 11 is 0. The molecule has 15 heteroatoms. The summed E-state index contributed by atoms with van der Waals surface area (Å²) in [7, 11) is -0.811. The monoisotopic (exact) mass is 569 g/mol. The van der Waals surface area contributed by atoms with Crippen molar-refractivity contribution >= 4 is 15.8 Å². The van der Waals surface area contributed by atoms with Gasteiger partial charge in [-0.2, -0.15) is 15.0 Å². The molecular weight excluding hydrogens is 542 g/mol. The van der Waals surface area contributed by atoms with E-state index in [2.05, 4.69) is 34.6 Å². The molecule has 0 radical (unpaired) electrons. The van der Waals surface area contributed by atoms with Crippen LogP contribution in [0.5, 0.6) is 34.9 Å². The van der Waals surface area contributed by atoms with Gasteiger partial charge in [0, 0.05) is 12.4 Å². The van der Waals surface area contributed by atoms with E-state index in [-0.39, 0.29) is 59.8 Å². The normalized spacial score (nSPS) is 11.0. The average molecular weight is 570 g/mol. The second-order valence-corrected chi connectivity index (χ2v) is 9.72. The Bertz CT molecular complexity index is 1510. The first-order valence-electron chi connectivity index (χ1n) is 12.0.